The van der Waals surface area contributed by atoms with Gasteiger partial charge in [-0.25, -0.2) is 5.43 Å². The third-order valence-electron chi connectivity index (χ3n) is 3.61. The van der Waals surface area contributed by atoms with Crippen LogP contribution in [-0.2, 0) is 4.79 Å². The number of fused-ring (bicyclic) bond motifs is 1. The molecule has 4 nitrogen and oxygen atoms in total. The molecule has 0 atom stereocenters. The van der Waals surface area contributed by atoms with E-state index in [-0.39, 0.29) is 12.5 Å². The van der Waals surface area contributed by atoms with Crippen LogP contribution in [0.5, 0.6) is 5.75 Å². The Balaban J connectivity index is 1.84. The molecule has 22 heavy (non-hydrogen) atoms. The first kappa shape index (κ1) is 16.0. The summed E-state index contributed by atoms with van der Waals surface area (Å²) >= 11 is 0. The molecule has 116 valence electrons. The largest absolute Gasteiger partial charge is 0.484 e. The Hall–Kier alpha value is -2.36. The molecule has 0 aliphatic carbocycles. The van der Waals surface area contributed by atoms with Crippen molar-refractivity contribution in [2.45, 2.75) is 26.7 Å². The molecule has 0 unspecified atom stereocenters. The van der Waals surface area contributed by atoms with Gasteiger partial charge in [-0.15, -0.1) is 0 Å². The van der Waals surface area contributed by atoms with Gasteiger partial charge in [-0.05, 0) is 41.7 Å². The molecule has 0 heterocycles. The molecule has 0 saturated heterocycles. The quantitative estimate of drug-likeness (QED) is 0.625. The molecule has 1 amide bonds. The fraction of sp³-hybridized carbons (Fsp3) is 0.333. The van der Waals surface area contributed by atoms with Crippen LogP contribution in [0.2, 0.25) is 0 Å². The van der Waals surface area contributed by atoms with Crippen LogP contribution in [0.3, 0.4) is 0 Å². The molecule has 0 aliphatic heterocycles. The lowest BCUT2D eigenvalue weighted by Gasteiger charge is -2.07. The lowest BCUT2D eigenvalue weighted by Crippen LogP contribution is -2.25. The van der Waals surface area contributed by atoms with Gasteiger partial charge in [0, 0.05) is 6.21 Å². The van der Waals surface area contributed by atoms with E-state index in [1.54, 1.807) is 6.21 Å². The van der Waals surface area contributed by atoms with Crippen LogP contribution >= 0.6 is 0 Å². The fourth-order valence-electron chi connectivity index (χ4n) is 2.15. The van der Waals surface area contributed by atoms with Crippen molar-refractivity contribution in [1.29, 1.82) is 0 Å². The van der Waals surface area contributed by atoms with E-state index in [9.17, 15) is 4.79 Å². The second-order valence-electron chi connectivity index (χ2n) is 5.19. The highest BCUT2D eigenvalue weighted by atomic mass is 16.5. The summed E-state index contributed by atoms with van der Waals surface area (Å²) in [7, 11) is 0. The number of rotatable bonds is 7. The molecule has 0 spiro atoms. The van der Waals surface area contributed by atoms with E-state index in [4.69, 9.17) is 4.74 Å². The SMILES string of the molecule is CCC(C=NNC(=O)COc1ccc2ccccc2c1)CC. The zero-order valence-corrected chi connectivity index (χ0v) is 13.1. The third-order valence-corrected chi connectivity index (χ3v) is 3.61. The van der Waals surface area contributed by atoms with E-state index in [1.165, 1.54) is 0 Å². The molecule has 2 rings (SSSR count). The summed E-state index contributed by atoms with van der Waals surface area (Å²) < 4.78 is 5.50. The number of carbonyl (C=O) groups is 1. The lowest BCUT2D eigenvalue weighted by atomic mass is 10.1. The summed E-state index contributed by atoms with van der Waals surface area (Å²) in [5, 5.41) is 6.21. The molecule has 0 saturated carbocycles. The molecular weight excluding hydrogens is 276 g/mol. The number of hydrazone groups is 1. The molecule has 0 aromatic heterocycles. The molecule has 2 aromatic carbocycles. The molecule has 0 aliphatic rings. The number of benzene rings is 2. The van der Waals surface area contributed by atoms with Gasteiger partial charge in [0.15, 0.2) is 6.61 Å². The summed E-state index contributed by atoms with van der Waals surface area (Å²) in [4.78, 5) is 11.7. The molecule has 4 heteroatoms. The summed E-state index contributed by atoms with van der Waals surface area (Å²) in [6.07, 6.45) is 3.82. The maximum atomic E-state index is 11.7. The Bertz CT molecular complexity index is 648. The van der Waals surface area contributed by atoms with Crippen LogP contribution in [0.25, 0.3) is 10.8 Å². The lowest BCUT2D eigenvalue weighted by molar-refractivity contribution is -0.123. The van der Waals surface area contributed by atoms with Gasteiger partial charge in [-0.2, -0.15) is 5.10 Å². The summed E-state index contributed by atoms with van der Waals surface area (Å²) in [6, 6.07) is 13.8. The maximum Gasteiger partial charge on any atom is 0.277 e. The molecule has 0 bridgehead atoms. The smallest absolute Gasteiger partial charge is 0.277 e. The zero-order valence-electron chi connectivity index (χ0n) is 13.1. The van der Waals surface area contributed by atoms with Crippen molar-refractivity contribution in [2.24, 2.45) is 11.0 Å². The highest BCUT2D eigenvalue weighted by Gasteiger charge is 2.03. The number of nitrogens with one attached hydrogen (secondary N) is 1. The van der Waals surface area contributed by atoms with Crippen molar-refractivity contribution in [3.63, 3.8) is 0 Å². The highest BCUT2D eigenvalue weighted by Crippen LogP contribution is 2.20. The van der Waals surface area contributed by atoms with Gasteiger partial charge < -0.3 is 4.74 Å². The monoisotopic (exact) mass is 298 g/mol. The van der Waals surface area contributed by atoms with Crippen LogP contribution in [0, 0.1) is 5.92 Å². The first-order chi connectivity index (χ1) is 10.7. The van der Waals surface area contributed by atoms with Gasteiger partial charge in [0.25, 0.3) is 5.91 Å². The van der Waals surface area contributed by atoms with Crippen molar-refractivity contribution in [3.8, 4) is 5.75 Å². The number of ether oxygens (including phenoxy) is 1. The number of amides is 1. The van der Waals surface area contributed by atoms with Crippen LogP contribution in [0.4, 0.5) is 0 Å². The van der Waals surface area contributed by atoms with Crippen LogP contribution in [0.15, 0.2) is 47.6 Å². The third kappa shape index (κ3) is 4.58. The zero-order chi connectivity index (χ0) is 15.8. The van der Waals surface area contributed by atoms with E-state index < -0.39 is 0 Å². The second-order valence-corrected chi connectivity index (χ2v) is 5.19. The summed E-state index contributed by atoms with van der Waals surface area (Å²) in [5.41, 5.74) is 2.49. The van der Waals surface area contributed by atoms with E-state index in [2.05, 4.69) is 24.4 Å². The summed E-state index contributed by atoms with van der Waals surface area (Å²) in [5.74, 6) is 0.829. The van der Waals surface area contributed by atoms with Gasteiger partial charge in [-0.3, -0.25) is 4.79 Å². The van der Waals surface area contributed by atoms with E-state index in [0.717, 1.165) is 23.6 Å². The Morgan fingerprint density at radius 1 is 1.18 bits per heavy atom. The topological polar surface area (TPSA) is 50.7 Å². The number of hydrogen-bond acceptors (Lipinski definition) is 3. The molecule has 0 radical (unpaired) electrons. The van der Waals surface area contributed by atoms with Crippen LogP contribution in [0.1, 0.15) is 26.7 Å². The minimum Gasteiger partial charge on any atom is -0.484 e. The normalized spacial score (nSPS) is 11.2. The van der Waals surface area contributed by atoms with Gasteiger partial charge in [0.2, 0.25) is 0 Å². The molecule has 0 fully saturated rings. The van der Waals surface area contributed by atoms with E-state index in [1.807, 2.05) is 42.5 Å². The Morgan fingerprint density at radius 2 is 1.91 bits per heavy atom. The Labute approximate surface area is 131 Å². The Morgan fingerprint density at radius 3 is 2.64 bits per heavy atom. The predicted octanol–water partition coefficient (Wildman–Crippen LogP) is 3.76. The second kappa shape index (κ2) is 8.17. The minimum absolute atomic E-state index is 0.0431. The number of hydrogen-bond donors (Lipinski definition) is 1. The molecule has 2 aromatic rings. The average molecular weight is 298 g/mol. The fourth-order valence-corrected chi connectivity index (χ4v) is 2.15. The molecular formula is C18H22N2O2. The van der Waals surface area contributed by atoms with Crippen molar-refractivity contribution < 1.29 is 9.53 Å². The van der Waals surface area contributed by atoms with Crippen molar-refractivity contribution in [3.05, 3.63) is 42.5 Å². The van der Waals surface area contributed by atoms with Crippen LogP contribution in [-0.4, -0.2) is 18.7 Å². The average Bonchev–Trinajstić information content (AvgIpc) is 2.56. The van der Waals surface area contributed by atoms with Gasteiger partial charge in [0.05, 0.1) is 0 Å². The van der Waals surface area contributed by atoms with E-state index >= 15 is 0 Å². The van der Waals surface area contributed by atoms with Crippen LogP contribution < -0.4 is 10.2 Å². The first-order valence-corrected chi connectivity index (χ1v) is 7.66. The summed E-state index contributed by atoms with van der Waals surface area (Å²) in [6.45, 7) is 4.16. The molecule has 1 N–H and O–H groups in total. The minimum atomic E-state index is -0.254. The standard InChI is InChI=1S/C18H22N2O2/c1-3-14(4-2)12-19-20-18(21)13-22-17-10-9-15-7-5-6-8-16(15)11-17/h5-12,14H,3-4,13H2,1-2H3,(H,20,21). The number of carbonyl (C=O) groups excluding carboxylic acids is 1. The van der Waals surface area contributed by atoms with Crippen molar-refractivity contribution in [1.82, 2.24) is 5.43 Å². The van der Waals surface area contributed by atoms with Crippen molar-refractivity contribution in [2.75, 3.05) is 6.61 Å². The number of nitrogens with zero attached hydrogens (tertiary/aromatic N) is 1. The first-order valence-electron chi connectivity index (χ1n) is 7.66. The van der Waals surface area contributed by atoms with E-state index in [0.29, 0.717) is 11.7 Å². The van der Waals surface area contributed by atoms with Gasteiger partial charge >= 0.3 is 0 Å². The predicted molar refractivity (Wildman–Crippen MR) is 90.1 cm³/mol. The maximum absolute atomic E-state index is 11.7. The highest BCUT2D eigenvalue weighted by molar-refractivity contribution is 5.84. The van der Waals surface area contributed by atoms with Gasteiger partial charge in [-0.1, -0.05) is 44.2 Å². The Kier molecular flexibility index (Phi) is 5.95. The van der Waals surface area contributed by atoms with Crippen molar-refractivity contribution >= 4 is 22.9 Å². The van der Waals surface area contributed by atoms with Gasteiger partial charge in [0.1, 0.15) is 5.75 Å².